The van der Waals surface area contributed by atoms with E-state index in [1.165, 1.54) is 50.5 Å². The third-order valence-corrected chi connectivity index (χ3v) is 5.69. The molecule has 27 heavy (non-hydrogen) atoms. The van der Waals surface area contributed by atoms with Gasteiger partial charge in [0.15, 0.2) is 5.96 Å². The van der Waals surface area contributed by atoms with E-state index >= 15 is 0 Å². The molecule has 5 nitrogen and oxygen atoms in total. The number of rotatable bonds is 6. The number of hydrogen-bond donors (Lipinski definition) is 2. The second-order valence-electron chi connectivity index (χ2n) is 7.47. The van der Waals surface area contributed by atoms with E-state index in [0.29, 0.717) is 12.1 Å². The normalized spacial score (nSPS) is 20.0. The molecule has 6 heteroatoms. The summed E-state index contributed by atoms with van der Waals surface area (Å²) in [5.41, 5.74) is 1.31. The van der Waals surface area contributed by atoms with Crippen LogP contribution in [0, 0.1) is 0 Å². The van der Waals surface area contributed by atoms with Gasteiger partial charge in [0.1, 0.15) is 5.75 Å². The van der Waals surface area contributed by atoms with Crippen molar-refractivity contribution in [3.05, 3.63) is 29.8 Å². The molecule has 2 fully saturated rings. The molecule has 1 aliphatic carbocycles. The van der Waals surface area contributed by atoms with Crippen molar-refractivity contribution in [2.75, 3.05) is 33.8 Å². The number of hydrogen-bond acceptors (Lipinski definition) is 3. The maximum absolute atomic E-state index is 5.44. The molecule has 1 aromatic carbocycles. The molecule has 1 saturated carbocycles. The predicted octanol–water partition coefficient (Wildman–Crippen LogP) is 3.95. The Kier molecular flexibility index (Phi) is 9.68. The molecular formula is C21H35IN4O. The molecular weight excluding hydrogens is 451 g/mol. The zero-order valence-corrected chi connectivity index (χ0v) is 19.1. The molecule has 2 aliphatic rings. The highest BCUT2D eigenvalue weighted by Crippen LogP contribution is 2.27. The van der Waals surface area contributed by atoms with E-state index in [2.05, 4.69) is 38.7 Å². The molecule has 0 aromatic heterocycles. The molecule has 3 rings (SSSR count). The van der Waals surface area contributed by atoms with E-state index in [0.717, 1.165) is 31.3 Å². The summed E-state index contributed by atoms with van der Waals surface area (Å²) in [5.74, 6) is 1.86. The van der Waals surface area contributed by atoms with Crippen molar-refractivity contribution in [1.82, 2.24) is 15.5 Å². The largest absolute Gasteiger partial charge is 0.497 e. The lowest BCUT2D eigenvalue weighted by atomic mass is 9.96. The van der Waals surface area contributed by atoms with Gasteiger partial charge >= 0.3 is 0 Å². The average Bonchev–Trinajstić information content (AvgIpc) is 3.22. The highest BCUT2D eigenvalue weighted by Gasteiger charge is 2.24. The number of likely N-dealkylation sites (tertiary alicyclic amines) is 1. The number of nitrogens with one attached hydrogen (secondary N) is 2. The van der Waals surface area contributed by atoms with E-state index in [1.54, 1.807) is 7.11 Å². The lowest BCUT2D eigenvalue weighted by Crippen LogP contribution is -2.46. The van der Waals surface area contributed by atoms with Gasteiger partial charge in [-0.1, -0.05) is 31.4 Å². The van der Waals surface area contributed by atoms with E-state index in [4.69, 9.17) is 4.74 Å². The van der Waals surface area contributed by atoms with Crippen molar-refractivity contribution < 1.29 is 4.74 Å². The zero-order valence-electron chi connectivity index (χ0n) is 16.7. The fourth-order valence-corrected chi connectivity index (χ4v) is 4.19. The molecule has 0 bridgehead atoms. The Morgan fingerprint density at radius 3 is 2.59 bits per heavy atom. The van der Waals surface area contributed by atoms with Gasteiger partial charge in [-0.3, -0.25) is 9.89 Å². The minimum absolute atomic E-state index is 0. The van der Waals surface area contributed by atoms with Gasteiger partial charge < -0.3 is 15.4 Å². The van der Waals surface area contributed by atoms with Gasteiger partial charge in [-0.25, -0.2) is 0 Å². The number of ether oxygens (including phenoxy) is 1. The molecule has 0 amide bonds. The first-order valence-electron chi connectivity index (χ1n) is 10.2. The van der Waals surface area contributed by atoms with Crippen LogP contribution in [0.1, 0.15) is 56.6 Å². The first kappa shape index (κ1) is 22.3. The van der Waals surface area contributed by atoms with Crippen LogP contribution in [0.3, 0.4) is 0 Å². The second kappa shape index (κ2) is 11.7. The van der Waals surface area contributed by atoms with Gasteiger partial charge in [-0.2, -0.15) is 0 Å². The molecule has 1 aromatic rings. The van der Waals surface area contributed by atoms with Crippen LogP contribution in [0.25, 0.3) is 0 Å². The summed E-state index contributed by atoms with van der Waals surface area (Å²) in [4.78, 5) is 7.04. The summed E-state index contributed by atoms with van der Waals surface area (Å²) in [7, 11) is 3.60. The molecule has 1 atom stereocenters. The molecule has 2 N–H and O–H groups in total. The number of nitrogens with zero attached hydrogens (tertiary/aromatic N) is 2. The summed E-state index contributed by atoms with van der Waals surface area (Å²) in [6.45, 7) is 3.19. The smallest absolute Gasteiger partial charge is 0.191 e. The highest BCUT2D eigenvalue weighted by atomic mass is 127. The van der Waals surface area contributed by atoms with E-state index in [-0.39, 0.29) is 24.0 Å². The second-order valence-corrected chi connectivity index (χ2v) is 7.47. The van der Waals surface area contributed by atoms with Gasteiger partial charge in [0, 0.05) is 19.6 Å². The van der Waals surface area contributed by atoms with Gasteiger partial charge in [0.25, 0.3) is 0 Å². The van der Waals surface area contributed by atoms with Crippen molar-refractivity contribution in [3.63, 3.8) is 0 Å². The third-order valence-electron chi connectivity index (χ3n) is 5.69. The number of guanidine groups is 1. The summed E-state index contributed by atoms with van der Waals surface area (Å²) < 4.78 is 5.44. The molecule has 1 saturated heterocycles. The first-order valence-corrected chi connectivity index (χ1v) is 10.2. The molecule has 1 unspecified atom stereocenters. The zero-order chi connectivity index (χ0) is 18.2. The summed E-state index contributed by atoms with van der Waals surface area (Å²) in [6, 6.07) is 9.40. The van der Waals surface area contributed by atoms with Crippen molar-refractivity contribution in [2.24, 2.45) is 4.99 Å². The molecule has 0 radical (unpaired) electrons. The summed E-state index contributed by atoms with van der Waals surface area (Å²) >= 11 is 0. The van der Waals surface area contributed by atoms with Crippen LogP contribution in [-0.2, 0) is 0 Å². The minimum atomic E-state index is 0. The van der Waals surface area contributed by atoms with Crippen LogP contribution in [0.5, 0.6) is 5.75 Å². The van der Waals surface area contributed by atoms with Crippen molar-refractivity contribution in [1.29, 1.82) is 0 Å². The topological polar surface area (TPSA) is 48.9 Å². The first-order chi connectivity index (χ1) is 12.8. The van der Waals surface area contributed by atoms with Gasteiger partial charge in [0.05, 0.1) is 13.2 Å². The van der Waals surface area contributed by atoms with E-state index < -0.39 is 0 Å². The summed E-state index contributed by atoms with van der Waals surface area (Å²) in [5, 5.41) is 7.21. The number of aliphatic imine (C=N–C) groups is 1. The standard InChI is InChI=1S/C21H34N4O.HI/c1-22-21(24-18-10-4-3-5-11-18)23-16-20(25-13-6-7-14-25)17-9-8-12-19(15-17)26-2;/h8-9,12,15,18,20H,3-7,10-11,13-14,16H2,1-2H3,(H2,22,23,24);1H. The Morgan fingerprint density at radius 1 is 1.19 bits per heavy atom. The minimum Gasteiger partial charge on any atom is -0.497 e. The van der Waals surface area contributed by atoms with Crippen molar-refractivity contribution >= 4 is 29.9 Å². The predicted molar refractivity (Wildman–Crippen MR) is 123 cm³/mol. The lowest BCUT2D eigenvalue weighted by Gasteiger charge is -2.30. The van der Waals surface area contributed by atoms with Gasteiger partial charge in [-0.15, -0.1) is 24.0 Å². The Labute approximate surface area is 181 Å². The maximum Gasteiger partial charge on any atom is 0.191 e. The highest BCUT2D eigenvalue weighted by molar-refractivity contribution is 14.0. The quantitative estimate of drug-likeness (QED) is 0.363. The third kappa shape index (κ3) is 6.52. The van der Waals surface area contributed by atoms with Crippen LogP contribution in [0.15, 0.2) is 29.3 Å². The molecule has 152 valence electrons. The van der Waals surface area contributed by atoms with Crippen LogP contribution in [0.2, 0.25) is 0 Å². The Balaban J connectivity index is 0.00000261. The number of halogens is 1. The molecule has 1 heterocycles. The Hall–Kier alpha value is -1.02. The fourth-order valence-electron chi connectivity index (χ4n) is 4.19. The van der Waals surface area contributed by atoms with Crippen molar-refractivity contribution in [3.8, 4) is 5.75 Å². The monoisotopic (exact) mass is 486 g/mol. The Bertz CT molecular complexity index is 583. The van der Waals surface area contributed by atoms with Gasteiger partial charge in [-0.05, 0) is 56.5 Å². The van der Waals surface area contributed by atoms with Crippen molar-refractivity contribution in [2.45, 2.75) is 57.0 Å². The van der Waals surface area contributed by atoms with E-state index in [9.17, 15) is 0 Å². The SMILES string of the molecule is CN=C(NCC(c1cccc(OC)c1)N1CCCC1)NC1CCCCC1.I. The fraction of sp³-hybridized carbons (Fsp3) is 0.667. The summed E-state index contributed by atoms with van der Waals surface area (Å²) in [6.07, 6.45) is 9.12. The average molecular weight is 486 g/mol. The lowest BCUT2D eigenvalue weighted by molar-refractivity contribution is 0.244. The van der Waals surface area contributed by atoms with Crippen LogP contribution in [0.4, 0.5) is 0 Å². The molecule has 0 spiro atoms. The van der Waals surface area contributed by atoms with Crippen LogP contribution >= 0.6 is 24.0 Å². The van der Waals surface area contributed by atoms with E-state index in [1.807, 2.05) is 13.1 Å². The van der Waals surface area contributed by atoms with Crippen LogP contribution in [-0.4, -0.2) is 50.7 Å². The maximum atomic E-state index is 5.44. The number of methoxy groups -OCH3 is 1. The van der Waals surface area contributed by atoms with Gasteiger partial charge in [0.2, 0.25) is 0 Å². The van der Waals surface area contributed by atoms with Crippen LogP contribution < -0.4 is 15.4 Å². The Morgan fingerprint density at radius 2 is 1.93 bits per heavy atom. The number of benzene rings is 1. The molecule has 1 aliphatic heterocycles.